The number of benzene rings is 1. The first-order valence-electron chi connectivity index (χ1n) is 8.78. The molecule has 0 N–H and O–H groups in total. The molecule has 0 spiro atoms. The van der Waals surface area contributed by atoms with Crippen molar-refractivity contribution < 1.29 is 26.1 Å². The number of halogens is 3. The number of thiophene rings is 1. The van der Waals surface area contributed by atoms with E-state index in [1.54, 1.807) is 12.1 Å². The van der Waals surface area contributed by atoms with Crippen LogP contribution >= 0.6 is 11.3 Å². The molecule has 0 bridgehead atoms. The number of hydrogen-bond donors (Lipinski definition) is 0. The van der Waals surface area contributed by atoms with Gasteiger partial charge in [-0.1, -0.05) is 24.2 Å². The summed E-state index contributed by atoms with van der Waals surface area (Å²) >= 11 is 1.25. The lowest BCUT2D eigenvalue weighted by molar-refractivity contribution is -0.137. The summed E-state index contributed by atoms with van der Waals surface area (Å²) in [6, 6.07) is 8.06. The monoisotopic (exact) mass is 443 g/mol. The van der Waals surface area contributed by atoms with Crippen LogP contribution in [0.15, 0.2) is 45.1 Å². The van der Waals surface area contributed by atoms with E-state index in [1.807, 2.05) is 6.92 Å². The lowest BCUT2D eigenvalue weighted by atomic mass is 10.0. The Bertz CT molecular complexity index is 1130. The first kappa shape index (κ1) is 20.0. The van der Waals surface area contributed by atoms with E-state index >= 15 is 0 Å². The molecule has 1 aliphatic heterocycles. The second-order valence-corrected chi connectivity index (χ2v) is 9.96. The van der Waals surface area contributed by atoms with Crippen molar-refractivity contribution in [3.8, 4) is 11.4 Å². The second kappa shape index (κ2) is 7.22. The normalized spacial score (nSPS) is 16.1. The highest BCUT2D eigenvalue weighted by molar-refractivity contribution is 7.91. The SMILES string of the molecule is CCc1ccc(S(=O)(=O)N2CC(c3nc(-c4cccc(C(F)(F)F)c4)no3)C2)s1. The van der Waals surface area contributed by atoms with Crippen LogP contribution in [0.1, 0.15) is 29.2 Å². The van der Waals surface area contributed by atoms with E-state index in [0.717, 1.165) is 23.4 Å². The van der Waals surface area contributed by atoms with Crippen molar-refractivity contribution in [1.82, 2.24) is 14.4 Å². The third-order valence-corrected chi connectivity index (χ3v) is 8.20. The van der Waals surface area contributed by atoms with Crippen molar-refractivity contribution in [1.29, 1.82) is 0 Å². The Hall–Kier alpha value is -2.24. The highest BCUT2D eigenvalue weighted by Gasteiger charge is 2.41. The molecule has 0 atom stereocenters. The highest BCUT2D eigenvalue weighted by atomic mass is 32.2. The Morgan fingerprint density at radius 1 is 1.24 bits per heavy atom. The minimum Gasteiger partial charge on any atom is -0.339 e. The summed E-state index contributed by atoms with van der Waals surface area (Å²) in [7, 11) is -3.56. The molecule has 154 valence electrons. The molecule has 0 aliphatic carbocycles. The zero-order valence-corrected chi connectivity index (χ0v) is 16.8. The van der Waals surface area contributed by atoms with Crippen molar-refractivity contribution >= 4 is 21.4 Å². The molecule has 0 saturated carbocycles. The van der Waals surface area contributed by atoms with Gasteiger partial charge in [0.05, 0.1) is 11.5 Å². The molecule has 3 heterocycles. The molecule has 1 fully saturated rings. The Morgan fingerprint density at radius 3 is 2.66 bits per heavy atom. The van der Waals surface area contributed by atoms with Crippen molar-refractivity contribution in [2.24, 2.45) is 0 Å². The van der Waals surface area contributed by atoms with Gasteiger partial charge in [0.1, 0.15) is 4.21 Å². The molecule has 0 amide bonds. The average molecular weight is 443 g/mol. The Kier molecular flexibility index (Phi) is 4.99. The van der Waals surface area contributed by atoms with Crippen LogP contribution in [0, 0.1) is 0 Å². The fraction of sp³-hybridized carbons (Fsp3) is 0.333. The first-order valence-corrected chi connectivity index (χ1v) is 11.0. The standard InChI is InChI=1S/C18H16F3N3O3S2/c1-2-14-6-7-15(28-14)29(25,26)24-9-12(10-24)17-22-16(23-27-17)11-4-3-5-13(8-11)18(19,20)21/h3-8,12H,2,9-10H2,1H3. The van der Waals surface area contributed by atoms with Gasteiger partial charge in [0, 0.05) is 23.5 Å². The fourth-order valence-corrected chi connectivity index (χ4v) is 5.94. The lowest BCUT2D eigenvalue weighted by Gasteiger charge is -2.35. The molecule has 6 nitrogen and oxygen atoms in total. The van der Waals surface area contributed by atoms with Crippen LogP contribution in [0.25, 0.3) is 11.4 Å². The van der Waals surface area contributed by atoms with Crippen LogP contribution in [0.2, 0.25) is 0 Å². The number of alkyl halides is 3. The molecular formula is C18H16F3N3O3S2. The van der Waals surface area contributed by atoms with E-state index in [4.69, 9.17) is 4.52 Å². The van der Waals surface area contributed by atoms with Gasteiger partial charge in [-0.3, -0.25) is 0 Å². The number of nitrogens with zero attached hydrogens (tertiary/aromatic N) is 3. The number of hydrogen-bond acceptors (Lipinski definition) is 6. The van der Waals surface area contributed by atoms with Gasteiger partial charge in [-0.05, 0) is 30.7 Å². The maximum absolute atomic E-state index is 12.9. The van der Waals surface area contributed by atoms with Crippen LogP contribution in [-0.4, -0.2) is 36.0 Å². The summed E-state index contributed by atoms with van der Waals surface area (Å²) in [6.07, 6.45) is -3.70. The molecule has 1 aliphatic rings. The van der Waals surface area contributed by atoms with Crippen LogP contribution < -0.4 is 0 Å². The molecule has 11 heteroatoms. The number of aromatic nitrogens is 2. The smallest absolute Gasteiger partial charge is 0.339 e. The predicted molar refractivity (Wildman–Crippen MR) is 99.9 cm³/mol. The van der Waals surface area contributed by atoms with Crippen LogP contribution in [0.4, 0.5) is 13.2 Å². The minimum absolute atomic E-state index is 0.0400. The Balaban J connectivity index is 1.47. The van der Waals surface area contributed by atoms with Crippen molar-refractivity contribution in [3.05, 3.63) is 52.7 Å². The fourth-order valence-electron chi connectivity index (χ4n) is 2.96. The van der Waals surface area contributed by atoms with Crippen LogP contribution in [0.5, 0.6) is 0 Å². The molecule has 1 aromatic carbocycles. The van der Waals surface area contributed by atoms with Gasteiger partial charge in [-0.25, -0.2) is 8.42 Å². The summed E-state index contributed by atoms with van der Waals surface area (Å²) in [5.74, 6) is -0.0371. The maximum Gasteiger partial charge on any atom is 0.416 e. The van der Waals surface area contributed by atoms with E-state index in [2.05, 4.69) is 10.1 Å². The van der Waals surface area contributed by atoms with Gasteiger partial charge in [0.25, 0.3) is 10.0 Å². The number of aryl methyl sites for hydroxylation is 1. The molecule has 1 saturated heterocycles. The Labute approximate surface area is 169 Å². The number of rotatable bonds is 5. The van der Waals surface area contributed by atoms with E-state index in [-0.39, 0.29) is 36.3 Å². The van der Waals surface area contributed by atoms with Crippen molar-refractivity contribution in [2.45, 2.75) is 29.6 Å². The number of sulfonamides is 1. The van der Waals surface area contributed by atoms with Gasteiger partial charge in [-0.2, -0.15) is 22.5 Å². The summed E-state index contributed by atoms with van der Waals surface area (Å²) in [6.45, 7) is 2.33. The summed E-state index contributed by atoms with van der Waals surface area (Å²) in [5.41, 5.74) is -0.617. The van der Waals surface area contributed by atoms with Gasteiger partial charge >= 0.3 is 6.18 Å². The molecule has 0 radical (unpaired) electrons. The maximum atomic E-state index is 12.9. The van der Waals surface area contributed by atoms with Gasteiger partial charge in [-0.15, -0.1) is 11.3 Å². The second-order valence-electron chi connectivity index (χ2n) is 6.63. The van der Waals surface area contributed by atoms with Gasteiger partial charge in [0.2, 0.25) is 11.7 Å². The van der Waals surface area contributed by atoms with E-state index in [9.17, 15) is 21.6 Å². The largest absolute Gasteiger partial charge is 0.416 e. The first-order chi connectivity index (χ1) is 13.7. The third kappa shape index (κ3) is 3.81. The summed E-state index contributed by atoms with van der Waals surface area (Å²) in [5, 5.41) is 3.75. The third-order valence-electron chi connectivity index (χ3n) is 4.67. The summed E-state index contributed by atoms with van der Waals surface area (Å²) < 4.78 is 70.7. The van der Waals surface area contributed by atoms with Crippen molar-refractivity contribution in [3.63, 3.8) is 0 Å². The van der Waals surface area contributed by atoms with Crippen LogP contribution in [0.3, 0.4) is 0 Å². The zero-order valence-electron chi connectivity index (χ0n) is 15.2. The summed E-state index contributed by atoms with van der Waals surface area (Å²) in [4.78, 5) is 5.16. The quantitative estimate of drug-likeness (QED) is 0.592. The minimum atomic E-state index is -4.47. The van der Waals surface area contributed by atoms with E-state index in [1.165, 1.54) is 27.8 Å². The molecule has 2 aromatic heterocycles. The van der Waals surface area contributed by atoms with E-state index in [0.29, 0.717) is 4.21 Å². The molecule has 29 heavy (non-hydrogen) atoms. The van der Waals surface area contributed by atoms with Gasteiger partial charge < -0.3 is 4.52 Å². The van der Waals surface area contributed by atoms with Gasteiger partial charge in [0.15, 0.2) is 0 Å². The lowest BCUT2D eigenvalue weighted by Crippen LogP contribution is -2.48. The topological polar surface area (TPSA) is 76.3 Å². The predicted octanol–water partition coefficient (Wildman–Crippen LogP) is 4.17. The van der Waals surface area contributed by atoms with E-state index < -0.39 is 21.8 Å². The highest BCUT2D eigenvalue weighted by Crippen LogP contribution is 2.35. The van der Waals surface area contributed by atoms with Crippen LogP contribution in [-0.2, 0) is 22.6 Å². The van der Waals surface area contributed by atoms with Crippen molar-refractivity contribution in [2.75, 3.05) is 13.1 Å². The molecular weight excluding hydrogens is 427 g/mol. The Morgan fingerprint density at radius 2 is 2.00 bits per heavy atom. The molecule has 0 unspecified atom stereocenters. The molecule has 4 rings (SSSR count). The molecule has 3 aromatic rings. The zero-order chi connectivity index (χ0) is 20.8. The average Bonchev–Trinajstić information content (AvgIpc) is 3.29.